The lowest BCUT2D eigenvalue weighted by molar-refractivity contribution is -0.146. The van der Waals surface area contributed by atoms with Crippen LogP contribution in [0.2, 0.25) is 18.6 Å². The third kappa shape index (κ3) is 7.02. The lowest BCUT2D eigenvalue weighted by Crippen LogP contribution is -2.46. The summed E-state index contributed by atoms with van der Waals surface area (Å²) in [5.41, 5.74) is 1.24. The van der Waals surface area contributed by atoms with E-state index < -0.39 is 25.9 Å². The number of aromatic nitrogens is 3. The number of aryl methyl sites for hydroxylation is 1. The van der Waals surface area contributed by atoms with Crippen LogP contribution in [-0.2, 0) is 37.6 Å². The summed E-state index contributed by atoms with van der Waals surface area (Å²) in [6.45, 7) is 6.49. The van der Waals surface area contributed by atoms with Crippen molar-refractivity contribution in [3.63, 3.8) is 0 Å². The number of aliphatic hydroxyl groups excluding tert-OH is 1. The zero-order valence-electron chi connectivity index (χ0n) is 28.1. The molecule has 3 aromatic rings. The first-order chi connectivity index (χ1) is 22.9. The lowest BCUT2D eigenvalue weighted by atomic mass is 9.82. The van der Waals surface area contributed by atoms with E-state index in [-0.39, 0.29) is 36.4 Å². The quantitative estimate of drug-likeness (QED) is 0.130. The monoisotopic (exact) mass is 679 g/mol. The van der Waals surface area contributed by atoms with Crippen molar-refractivity contribution in [2.45, 2.75) is 75.9 Å². The molecule has 2 aromatic carbocycles. The van der Waals surface area contributed by atoms with Gasteiger partial charge in [-0.25, -0.2) is 0 Å². The van der Waals surface area contributed by atoms with Crippen LogP contribution >= 0.6 is 0 Å². The number of methoxy groups -OCH3 is 2. The van der Waals surface area contributed by atoms with Gasteiger partial charge < -0.3 is 34.3 Å². The Balaban J connectivity index is 1.48. The second kappa shape index (κ2) is 14.6. The van der Waals surface area contributed by atoms with Crippen molar-refractivity contribution < 1.29 is 38.5 Å². The lowest BCUT2D eigenvalue weighted by Gasteiger charge is -2.32. The molecule has 2 aliphatic rings. The van der Waals surface area contributed by atoms with Crippen molar-refractivity contribution >= 4 is 37.5 Å². The van der Waals surface area contributed by atoms with E-state index in [0.717, 1.165) is 0 Å². The van der Waals surface area contributed by atoms with E-state index in [4.69, 9.17) is 14.2 Å². The van der Waals surface area contributed by atoms with Crippen molar-refractivity contribution in [3.05, 3.63) is 65.5 Å². The number of ether oxygens (including phenoxy) is 3. The zero-order chi connectivity index (χ0) is 34.6. The van der Waals surface area contributed by atoms with Gasteiger partial charge in [0.25, 0.3) is 11.8 Å². The summed E-state index contributed by atoms with van der Waals surface area (Å²) < 4.78 is 18.6. The molecule has 48 heavy (non-hydrogen) atoms. The van der Waals surface area contributed by atoms with Gasteiger partial charge in [-0.1, -0.05) is 12.1 Å². The summed E-state index contributed by atoms with van der Waals surface area (Å²) in [6, 6.07) is 12.2. The standard InChI is InChI=1S/C34H45N5O8Si/c1-22-31(48(4,5)44)29(15-18-38-21-25(16-19-40)36-37-38)47-34(22)27-20-24(35-32(42)23-9-12-26(45-2)13-10-23)11-14-28(27)39(33(34)43)17-7-6-8-30(41)46-3/h9-14,20-22,29,31,40,44H,6-8,15-19H2,1-5H3,(H,35,42)/t22-,29+,31-,34+/m1/s1. The van der Waals surface area contributed by atoms with Crippen LogP contribution in [0.3, 0.4) is 0 Å². The summed E-state index contributed by atoms with van der Waals surface area (Å²) in [6.07, 6.45) is 3.55. The predicted molar refractivity (Wildman–Crippen MR) is 180 cm³/mol. The Labute approximate surface area is 281 Å². The predicted octanol–water partition coefficient (Wildman–Crippen LogP) is 3.65. The molecule has 14 heteroatoms. The maximum Gasteiger partial charge on any atom is 0.305 e. The highest BCUT2D eigenvalue weighted by atomic mass is 28.4. The molecular formula is C34H45N5O8Si. The van der Waals surface area contributed by atoms with E-state index in [1.807, 2.05) is 32.2 Å². The summed E-state index contributed by atoms with van der Waals surface area (Å²) in [4.78, 5) is 52.9. The van der Waals surface area contributed by atoms with Crippen molar-refractivity contribution in [3.8, 4) is 5.75 Å². The maximum atomic E-state index is 14.7. The van der Waals surface area contributed by atoms with Gasteiger partial charge in [0.1, 0.15) is 5.75 Å². The van der Waals surface area contributed by atoms with Crippen LogP contribution in [0, 0.1) is 5.92 Å². The first-order valence-corrected chi connectivity index (χ1v) is 19.3. The van der Waals surface area contributed by atoms with Gasteiger partial charge in [0.2, 0.25) is 0 Å². The molecule has 13 nitrogen and oxygen atoms in total. The number of fused-ring (bicyclic) bond motifs is 2. The first kappa shape index (κ1) is 35.2. The van der Waals surface area contributed by atoms with Crippen molar-refractivity contribution in [1.29, 1.82) is 0 Å². The van der Waals surface area contributed by atoms with Crippen LogP contribution in [0.5, 0.6) is 5.75 Å². The summed E-state index contributed by atoms with van der Waals surface area (Å²) in [5.74, 6) is -0.602. The van der Waals surface area contributed by atoms with Gasteiger partial charge >= 0.3 is 5.97 Å². The van der Waals surface area contributed by atoms with Crippen molar-refractivity contribution in [1.82, 2.24) is 15.0 Å². The van der Waals surface area contributed by atoms with Crippen LogP contribution in [0.25, 0.3) is 0 Å². The molecule has 0 unspecified atom stereocenters. The van der Waals surface area contributed by atoms with Crippen LogP contribution in [-0.4, -0.2) is 84.5 Å². The number of anilines is 2. The van der Waals surface area contributed by atoms with Crippen LogP contribution in [0.15, 0.2) is 48.7 Å². The fourth-order valence-corrected chi connectivity index (χ4v) is 9.77. The van der Waals surface area contributed by atoms with E-state index in [1.54, 1.807) is 53.2 Å². The molecule has 0 radical (unpaired) electrons. The zero-order valence-corrected chi connectivity index (χ0v) is 29.1. The van der Waals surface area contributed by atoms with Gasteiger partial charge in [0.15, 0.2) is 13.9 Å². The molecule has 2 amide bonds. The highest BCUT2D eigenvalue weighted by Gasteiger charge is 2.66. The normalized spacial score (nSPS) is 21.9. The number of carbonyl (C=O) groups is 3. The molecule has 1 aromatic heterocycles. The molecule has 0 bridgehead atoms. The Morgan fingerprint density at radius 2 is 1.85 bits per heavy atom. The topological polar surface area (TPSA) is 165 Å². The van der Waals surface area contributed by atoms with Gasteiger partial charge in [-0.3, -0.25) is 19.1 Å². The van der Waals surface area contributed by atoms with Gasteiger partial charge in [-0.15, -0.1) is 5.10 Å². The number of nitrogens with zero attached hydrogens (tertiary/aromatic N) is 4. The minimum atomic E-state index is -2.91. The Bertz CT molecular complexity index is 1620. The Kier molecular flexibility index (Phi) is 10.7. The van der Waals surface area contributed by atoms with Crippen LogP contribution in [0.4, 0.5) is 11.4 Å². The van der Waals surface area contributed by atoms with E-state index >= 15 is 0 Å². The Hall–Kier alpha value is -4.11. The fraction of sp³-hybridized carbons (Fsp3) is 0.500. The van der Waals surface area contributed by atoms with Gasteiger partial charge in [0, 0.05) is 67.0 Å². The van der Waals surface area contributed by atoms with Gasteiger partial charge in [-0.05, 0) is 74.8 Å². The van der Waals surface area contributed by atoms with Crippen LogP contribution in [0.1, 0.15) is 54.2 Å². The number of amides is 2. The molecule has 1 spiro atoms. The van der Waals surface area contributed by atoms with E-state index in [9.17, 15) is 24.3 Å². The number of rotatable bonds is 14. The number of benzene rings is 2. The minimum absolute atomic E-state index is 0.0277. The molecule has 1 fully saturated rings. The number of nitrogens with one attached hydrogen (secondary N) is 1. The second-order valence-electron chi connectivity index (χ2n) is 13.0. The Morgan fingerprint density at radius 1 is 1.10 bits per heavy atom. The molecule has 1 saturated heterocycles. The first-order valence-electron chi connectivity index (χ1n) is 16.3. The summed E-state index contributed by atoms with van der Waals surface area (Å²) >= 11 is 0. The third-order valence-corrected chi connectivity index (χ3v) is 11.9. The highest BCUT2D eigenvalue weighted by molar-refractivity contribution is 6.71. The minimum Gasteiger partial charge on any atom is -0.497 e. The third-order valence-electron chi connectivity index (χ3n) is 9.43. The van der Waals surface area contributed by atoms with E-state index in [0.29, 0.717) is 72.7 Å². The largest absolute Gasteiger partial charge is 0.497 e. The number of aliphatic hydroxyl groups is 1. The molecular weight excluding hydrogens is 634 g/mol. The second-order valence-corrected chi connectivity index (χ2v) is 17.0. The molecule has 4 atom stereocenters. The fourth-order valence-electron chi connectivity index (χ4n) is 7.17. The molecule has 0 aliphatic carbocycles. The van der Waals surface area contributed by atoms with E-state index in [1.165, 1.54) is 7.11 Å². The molecule has 3 heterocycles. The SMILES string of the molecule is COC(=O)CCCCN1C(=O)[C@@]2(O[C@@H](CCn3cc(CCO)nn3)[C@H]([Si](C)(C)O)[C@H]2C)c2cc(NC(=O)c3ccc(OC)cc3)ccc21. The average molecular weight is 680 g/mol. The Morgan fingerprint density at radius 3 is 2.52 bits per heavy atom. The number of esters is 1. The molecule has 2 aliphatic heterocycles. The number of hydrogen-bond acceptors (Lipinski definition) is 10. The number of hydrogen-bond donors (Lipinski definition) is 3. The van der Waals surface area contributed by atoms with E-state index in [2.05, 4.69) is 15.6 Å². The molecule has 258 valence electrons. The van der Waals surface area contributed by atoms with Crippen molar-refractivity contribution in [2.75, 3.05) is 37.6 Å². The van der Waals surface area contributed by atoms with Gasteiger partial charge in [0.05, 0.1) is 31.7 Å². The highest BCUT2D eigenvalue weighted by Crippen LogP contribution is 2.60. The summed E-state index contributed by atoms with van der Waals surface area (Å²) in [7, 11) is 0.00529. The number of unbranched alkanes of at least 4 members (excludes halogenated alkanes) is 1. The smallest absolute Gasteiger partial charge is 0.305 e. The maximum absolute atomic E-state index is 14.7. The number of carbonyl (C=O) groups excluding carboxylic acids is 3. The van der Waals surface area contributed by atoms with Crippen molar-refractivity contribution in [2.24, 2.45) is 5.92 Å². The molecule has 5 rings (SSSR count). The summed E-state index contributed by atoms with van der Waals surface area (Å²) in [5, 5.41) is 20.5. The molecule has 3 N–H and O–H groups in total. The van der Waals surface area contributed by atoms with Gasteiger partial charge in [-0.2, -0.15) is 0 Å². The average Bonchev–Trinajstić information content (AvgIpc) is 3.71. The van der Waals surface area contributed by atoms with Crippen LogP contribution < -0.4 is 15.0 Å². The molecule has 0 saturated carbocycles.